The zero-order valence-electron chi connectivity index (χ0n) is 11.9. The molecular formula is C16H26Si. The molecule has 1 aromatic rings. The minimum atomic E-state index is -1.38. The van der Waals surface area contributed by atoms with Crippen molar-refractivity contribution in [2.24, 2.45) is 5.92 Å². The lowest BCUT2D eigenvalue weighted by molar-refractivity contribution is 0.586. The summed E-state index contributed by atoms with van der Waals surface area (Å²) >= 11 is 0. The van der Waals surface area contributed by atoms with Crippen molar-refractivity contribution in [2.75, 3.05) is 0 Å². The van der Waals surface area contributed by atoms with Crippen LogP contribution in [0.1, 0.15) is 27.2 Å². The molecule has 0 fully saturated rings. The molecule has 1 heteroatoms. The van der Waals surface area contributed by atoms with E-state index in [4.69, 9.17) is 0 Å². The Bertz CT molecular complexity index is 349. The molecule has 1 atom stereocenters. The Morgan fingerprint density at radius 2 is 1.71 bits per heavy atom. The number of benzene rings is 1. The summed E-state index contributed by atoms with van der Waals surface area (Å²) < 4.78 is 0. The summed E-state index contributed by atoms with van der Waals surface area (Å²) in [6.45, 7) is 11.8. The summed E-state index contributed by atoms with van der Waals surface area (Å²) in [5, 5.41) is 1.57. The van der Waals surface area contributed by atoms with Gasteiger partial charge in [0.25, 0.3) is 0 Å². The van der Waals surface area contributed by atoms with Crippen LogP contribution < -0.4 is 5.19 Å². The predicted octanol–water partition coefficient (Wildman–Crippen LogP) is 4.59. The van der Waals surface area contributed by atoms with E-state index in [9.17, 15) is 0 Å². The first kappa shape index (κ1) is 14.2. The first-order valence-electron chi connectivity index (χ1n) is 6.66. The van der Waals surface area contributed by atoms with Crippen molar-refractivity contribution in [3.63, 3.8) is 0 Å². The van der Waals surface area contributed by atoms with Crippen LogP contribution in [0.4, 0.5) is 0 Å². The highest BCUT2D eigenvalue weighted by Crippen LogP contribution is 2.30. The van der Waals surface area contributed by atoms with Crippen molar-refractivity contribution >= 4 is 13.3 Å². The number of rotatable bonds is 5. The van der Waals surface area contributed by atoms with Gasteiger partial charge >= 0.3 is 0 Å². The van der Waals surface area contributed by atoms with Crippen LogP contribution in [0.15, 0.2) is 42.5 Å². The molecule has 0 heterocycles. The van der Waals surface area contributed by atoms with E-state index in [-0.39, 0.29) is 0 Å². The van der Waals surface area contributed by atoms with E-state index in [1.807, 2.05) is 0 Å². The van der Waals surface area contributed by atoms with E-state index in [2.05, 4.69) is 76.3 Å². The van der Waals surface area contributed by atoms with Crippen molar-refractivity contribution in [1.29, 1.82) is 0 Å². The van der Waals surface area contributed by atoms with Gasteiger partial charge in [-0.1, -0.05) is 74.6 Å². The molecule has 1 aromatic carbocycles. The second-order valence-corrected chi connectivity index (χ2v) is 10.6. The van der Waals surface area contributed by atoms with Gasteiger partial charge < -0.3 is 0 Å². The molecule has 0 aliphatic rings. The van der Waals surface area contributed by atoms with Gasteiger partial charge in [0.2, 0.25) is 0 Å². The van der Waals surface area contributed by atoms with E-state index in [1.165, 1.54) is 6.42 Å². The van der Waals surface area contributed by atoms with E-state index in [0.29, 0.717) is 0 Å². The summed E-state index contributed by atoms with van der Waals surface area (Å²) in [5.41, 5.74) is 0.745. The summed E-state index contributed by atoms with van der Waals surface area (Å²) in [5.74, 6) is 0.770. The average molecular weight is 246 g/mol. The van der Waals surface area contributed by atoms with Gasteiger partial charge in [0.15, 0.2) is 0 Å². The monoisotopic (exact) mass is 246 g/mol. The normalized spacial score (nSPS) is 14.5. The molecule has 94 valence electrons. The van der Waals surface area contributed by atoms with Crippen LogP contribution >= 0.6 is 0 Å². The smallest absolute Gasteiger partial charge is 0.0873 e. The number of allylic oxidation sites excluding steroid dienone is 2. The van der Waals surface area contributed by atoms with Crippen LogP contribution in [0.3, 0.4) is 0 Å². The molecular weight excluding hydrogens is 220 g/mol. The van der Waals surface area contributed by atoms with Gasteiger partial charge in [-0.2, -0.15) is 0 Å². The van der Waals surface area contributed by atoms with Crippen molar-refractivity contribution in [1.82, 2.24) is 0 Å². The lowest BCUT2D eigenvalue weighted by atomic mass is 10.1. The fraction of sp³-hybridized carbons (Fsp3) is 0.500. The Morgan fingerprint density at radius 1 is 1.12 bits per heavy atom. The predicted molar refractivity (Wildman–Crippen MR) is 81.6 cm³/mol. The zero-order valence-corrected chi connectivity index (χ0v) is 12.9. The molecule has 1 rings (SSSR count). The minimum Gasteiger partial charge on any atom is -0.0917 e. The largest absolute Gasteiger partial charge is 0.0917 e. The molecule has 0 nitrogen and oxygen atoms in total. The highest BCUT2D eigenvalue weighted by molar-refractivity contribution is 6.91. The minimum absolute atomic E-state index is 0.745. The Morgan fingerprint density at radius 3 is 2.18 bits per heavy atom. The second-order valence-electron chi connectivity index (χ2n) is 5.85. The molecule has 0 aliphatic carbocycles. The molecule has 0 radical (unpaired) electrons. The maximum absolute atomic E-state index is 2.50. The molecule has 0 N–H and O–H groups in total. The van der Waals surface area contributed by atoms with Gasteiger partial charge in [-0.15, -0.1) is 0 Å². The fourth-order valence-corrected chi connectivity index (χ4v) is 5.65. The van der Waals surface area contributed by atoms with Gasteiger partial charge in [-0.25, -0.2) is 0 Å². The molecule has 0 saturated carbocycles. The van der Waals surface area contributed by atoms with Crippen molar-refractivity contribution < 1.29 is 0 Å². The summed E-state index contributed by atoms with van der Waals surface area (Å²) in [6.07, 6.45) is 5.96. The fourth-order valence-electron chi connectivity index (χ4n) is 2.44. The Labute approximate surface area is 108 Å². The number of hydrogen-bond donors (Lipinski definition) is 0. The van der Waals surface area contributed by atoms with E-state index in [1.54, 1.807) is 5.19 Å². The highest BCUT2D eigenvalue weighted by atomic mass is 28.3. The lowest BCUT2D eigenvalue weighted by Gasteiger charge is -2.32. The lowest BCUT2D eigenvalue weighted by Crippen LogP contribution is -2.45. The third-order valence-electron chi connectivity index (χ3n) is 3.59. The Hall–Kier alpha value is -0.823. The molecule has 0 amide bonds. The topological polar surface area (TPSA) is 0 Å². The SMILES string of the molecule is C/C=C\[C@@H](CC(C)C)[Si](C)(C)c1ccccc1. The maximum atomic E-state index is 2.50. The van der Waals surface area contributed by atoms with Gasteiger partial charge in [-0.05, 0) is 24.8 Å². The summed E-state index contributed by atoms with van der Waals surface area (Å²) in [7, 11) is -1.38. The van der Waals surface area contributed by atoms with Crippen LogP contribution in [0.5, 0.6) is 0 Å². The van der Waals surface area contributed by atoms with Crippen LogP contribution in [0, 0.1) is 5.92 Å². The molecule has 0 unspecified atom stereocenters. The molecule has 0 saturated heterocycles. The van der Waals surface area contributed by atoms with Crippen molar-refractivity contribution in [2.45, 2.75) is 45.8 Å². The van der Waals surface area contributed by atoms with Crippen molar-refractivity contribution in [3.05, 3.63) is 42.5 Å². The number of hydrogen-bond acceptors (Lipinski definition) is 0. The summed E-state index contributed by atoms with van der Waals surface area (Å²) in [6, 6.07) is 11.1. The quantitative estimate of drug-likeness (QED) is 0.526. The van der Waals surface area contributed by atoms with Gasteiger partial charge in [0.1, 0.15) is 0 Å². The maximum Gasteiger partial charge on any atom is 0.0873 e. The molecule has 0 spiro atoms. The summed E-state index contributed by atoms with van der Waals surface area (Å²) in [4.78, 5) is 0. The first-order chi connectivity index (χ1) is 7.98. The van der Waals surface area contributed by atoms with Gasteiger partial charge in [0.05, 0.1) is 8.07 Å². The average Bonchev–Trinajstić information content (AvgIpc) is 2.29. The Kier molecular flexibility index (Phi) is 5.19. The van der Waals surface area contributed by atoms with Crippen LogP contribution in [0.25, 0.3) is 0 Å². The van der Waals surface area contributed by atoms with Gasteiger partial charge in [0, 0.05) is 0 Å². The third-order valence-corrected chi connectivity index (χ3v) is 7.70. The second kappa shape index (κ2) is 6.20. The van der Waals surface area contributed by atoms with Crippen LogP contribution in [0.2, 0.25) is 18.6 Å². The van der Waals surface area contributed by atoms with E-state index in [0.717, 1.165) is 11.5 Å². The zero-order chi connectivity index (χ0) is 12.9. The van der Waals surface area contributed by atoms with E-state index >= 15 is 0 Å². The highest BCUT2D eigenvalue weighted by Gasteiger charge is 2.31. The molecule has 17 heavy (non-hydrogen) atoms. The van der Waals surface area contributed by atoms with Crippen LogP contribution in [-0.2, 0) is 0 Å². The molecule has 0 aliphatic heterocycles. The third kappa shape index (κ3) is 3.85. The first-order valence-corrected chi connectivity index (χ1v) is 9.74. The Balaban J connectivity index is 2.99. The van der Waals surface area contributed by atoms with Crippen LogP contribution in [-0.4, -0.2) is 8.07 Å². The molecule has 0 aromatic heterocycles. The molecule has 0 bridgehead atoms. The van der Waals surface area contributed by atoms with Crippen molar-refractivity contribution in [3.8, 4) is 0 Å². The van der Waals surface area contributed by atoms with E-state index < -0.39 is 8.07 Å². The standard InChI is InChI=1S/C16H26Si/c1-6-10-16(13-14(2)3)17(4,5)15-11-8-7-9-12-15/h6-12,14,16H,13H2,1-5H3/b10-6-/t16-/m0/s1. The van der Waals surface area contributed by atoms with Gasteiger partial charge in [-0.3, -0.25) is 0 Å².